The van der Waals surface area contributed by atoms with Gasteiger partial charge in [-0.2, -0.15) is 0 Å². The minimum atomic E-state index is -1.03. The molecule has 1 aliphatic rings. The molecule has 8 nitrogen and oxygen atoms in total. The molecule has 0 amide bonds. The van der Waals surface area contributed by atoms with Crippen molar-refractivity contribution in [3.63, 3.8) is 0 Å². The third-order valence-electron chi connectivity index (χ3n) is 4.00. The predicted octanol–water partition coefficient (Wildman–Crippen LogP) is -0.314. The Kier molecular flexibility index (Phi) is 4.72. The molecular weight excluding hydrogens is 318 g/mol. The van der Waals surface area contributed by atoms with Crippen LogP contribution in [-0.4, -0.2) is 65.8 Å². The number of imidazole rings is 1. The van der Waals surface area contributed by atoms with Gasteiger partial charge >= 0.3 is 0 Å². The zero-order chi connectivity index (χ0) is 16.6. The Hall–Kier alpha value is -1.42. The maximum absolute atomic E-state index is 10.4. The first-order valence-electron chi connectivity index (χ1n) is 7.56. The number of ether oxygens (including phenoxy) is 1. The van der Waals surface area contributed by atoms with Crippen molar-refractivity contribution >= 4 is 27.9 Å². The largest absolute Gasteiger partial charge is 0.387 e. The van der Waals surface area contributed by atoms with Crippen LogP contribution < -0.4 is 5.73 Å². The molecule has 1 saturated heterocycles. The summed E-state index contributed by atoms with van der Waals surface area (Å²) in [5.74, 6) is 2.09. The molecule has 3 heterocycles. The number of nitrogens with zero attached hydrogens (tertiary/aromatic N) is 4. The van der Waals surface area contributed by atoms with Gasteiger partial charge < -0.3 is 20.7 Å². The standard InChI is InChI=1S/C14H22N5O3S/c1-3-4-23(2)5-8-10(20)11(21)14(22-8)19-7-18-9-12(15)16-6-17-13(9)19/h6-8,10-11,14,20-21H,3-5H2,1-2H3,(H2,15,16,17)/q+1/t8-,10-,11-,14-,23?/m1/s1. The average Bonchev–Trinajstić information content (AvgIpc) is 3.05. The van der Waals surface area contributed by atoms with Crippen LogP contribution in [0.5, 0.6) is 0 Å². The molecule has 23 heavy (non-hydrogen) atoms. The zero-order valence-corrected chi connectivity index (χ0v) is 14.0. The number of nitrogen functional groups attached to an aromatic ring is 1. The lowest BCUT2D eigenvalue weighted by Gasteiger charge is -2.16. The Bertz CT molecular complexity index is 681. The van der Waals surface area contributed by atoms with E-state index in [2.05, 4.69) is 28.1 Å². The zero-order valence-electron chi connectivity index (χ0n) is 13.2. The average molecular weight is 340 g/mol. The summed E-state index contributed by atoms with van der Waals surface area (Å²) in [5.41, 5.74) is 6.72. The number of hydrogen-bond acceptors (Lipinski definition) is 7. The van der Waals surface area contributed by atoms with E-state index in [1.807, 2.05) is 0 Å². The molecule has 5 atom stereocenters. The molecule has 0 aliphatic carbocycles. The van der Waals surface area contributed by atoms with Crippen molar-refractivity contribution in [1.29, 1.82) is 0 Å². The van der Waals surface area contributed by atoms with E-state index < -0.39 is 24.5 Å². The summed E-state index contributed by atoms with van der Waals surface area (Å²) in [6.07, 6.45) is 3.01. The molecule has 3 rings (SSSR count). The molecule has 0 radical (unpaired) electrons. The fraction of sp³-hybridized carbons (Fsp3) is 0.643. The minimum Gasteiger partial charge on any atom is -0.387 e. The van der Waals surface area contributed by atoms with E-state index in [1.54, 1.807) is 4.57 Å². The first kappa shape index (κ1) is 16.4. The quantitative estimate of drug-likeness (QED) is 0.638. The summed E-state index contributed by atoms with van der Waals surface area (Å²) < 4.78 is 7.53. The van der Waals surface area contributed by atoms with E-state index in [0.29, 0.717) is 11.2 Å². The van der Waals surface area contributed by atoms with E-state index in [1.165, 1.54) is 12.7 Å². The van der Waals surface area contributed by atoms with Crippen molar-refractivity contribution in [3.05, 3.63) is 12.7 Å². The van der Waals surface area contributed by atoms with Gasteiger partial charge in [-0.15, -0.1) is 0 Å². The topological polar surface area (TPSA) is 119 Å². The molecule has 9 heteroatoms. The van der Waals surface area contributed by atoms with Crippen molar-refractivity contribution in [3.8, 4) is 0 Å². The van der Waals surface area contributed by atoms with Crippen molar-refractivity contribution < 1.29 is 14.9 Å². The SMILES string of the molecule is CCC[S+](C)C[C@H]1O[C@@H](n2cnc3c(N)ncnc32)[C@H](O)[C@@H]1O. The third-order valence-corrected chi connectivity index (χ3v) is 6.00. The fourth-order valence-electron chi connectivity index (χ4n) is 2.87. The van der Waals surface area contributed by atoms with Crippen LogP contribution in [0.2, 0.25) is 0 Å². The number of hydrogen-bond donors (Lipinski definition) is 3. The van der Waals surface area contributed by atoms with Gasteiger partial charge in [0, 0.05) is 0 Å². The number of nitrogens with two attached hydrogens (primary N) is 1. The molecule has 0 saturated carbocycles. The summed E-state index contributed by atoms with van der Waals surface area (Å²) in [6.45, 7) is 2.13. The maximum atomic E-state index is 10.4. The van der Waals surface area contributed by atoms with E-state index in [-0.39, 0.29) is 16.7 Å². The van der Waals surface area contributed by atoms with Crippen LogP contribution in [0, 0.1) is 0 Å². The normalized spacial score (nSPS) is 29.2. The Morgan fingerprint density at radius 3 is 2.83 bits per heavy atom. The number of aliphatic hydroxyl groups is 2. The van der Waals surface area contributed by atoms with E-state index in [0.717, 1.165) is 17.9 Å². The first-order valence-corrected chi connectivity index (χ1v) is 9.53. The van der Waals surface area contributed by atoms with Gasteiger partial charge in [0.25, 0.3) is 0 Å². The monoisotopic (exact) mass is 340 g/mol. The van der Waals surface area contributed by atoms with E-state index in [4.69, 9.17) is 10.5 Å². The molecule has 1 fully saturated rings. The highest BCUT2D eigenvalue weighted by atomic mass is 32.2. The summed E-state index contributed by atoms with van der Waals surface area (Å²) in [4.78, 5) is 12.2. The molecule has 0 spiro atoms. The van der Waals surface area contributed by atoms with E-state index >= 15 is 0 Å². The number of anilines is 1. The smallest absolute Gasteiger partial charge is 0.167 e. The van der Waals surface area contributed by atoms with Crippen LogP contribution in [0.4, 0.5) is 5.82 Å². The van der Waals surface area contributed by atoms with Crippen LogP contribution in [-0.2, 0) is 15.6 Å². The van der Waals surface area contributed by atoms with Crippen molar-refractivity contribution in [1.82, 2.24) is 19.5 Å². The molecule has 1 unspecified atom stereocenters. The Balaban J connectivity index is 1.84. The highest BCUT2D eigenvalue weighted by Crippen LogP contribution is 2.32. The van der Waals surface area contributed by atoms with Crippen molar-refractivity contribution in [2.24, 2.45) is 0 Å². The second-order valence-corrected chi connectivity index (χ2v) is 8.09. The summed E-state index contributed by atoms with van der Waals surface area (Å²) >= 11 is 0. The second-order valence-electron chi connectivity index (χ2n) is 5.78. The summed E-state index contributed by atoms with van der Waals surface area (Å²) in [6, 6.07) is 0. The molecular formula is C14H22N5O3S+. The van der Waals surface area contributed by atoms with Crippen LogP contribution in [0.3, 0.4) is 0 Å². The van der Waals surface area contributed by atoms with Gasteiger partial charge in [-0.25, -0.2) is 15.0 Å². The van der Waals surface area contributed by atoms with Gasteiger partial charge in [0.15, 0.2) is 17.7 Å². The summed E-state index contributed by atoms with van der Waals surface area (Å²) in [5, 5.41) is 20.7. The highest BCUT2D eigenvalue weighted by molar-refractivity contribution is 7.96. The fourth-order valence-corrected chi connectivity index (χ4v) is 4.57. The lowest BCUT2D eigenvalue weighted by Crippen LogP contribution is -2.35. The van der Waals surface area contributed by atoms with Gasteiger partial charge in [0.05, 0.1) is 12.6 Å². The lowest BCUT2D eigenvalue weighted by atomic mass is 10.1. The van der Waals surface area contributed by atoms with Crippen LogP contribution >= 0.6 is 0 Å². The number of rotatable bonds is 5. The van der Waals surface area contributed by atoms with Gasteiger partial charge in [0.2, 0.25) is 0 Å². The van der Waals surface area contributed by atoms with Crippen molar-refractivity contribution in [2.45, 2.75) is 37.9 Å². The molecule has 1 aliphatic heterocycles. The second kappa shape index (κ2) is 6.60. The van der Waals surface area contributed by atoms with Crippen molar-refractivity contribution in [2.75, 3.05) is 23.5 Å². The molecule has 4 N–H and O–H groups in total. The molecule has 0 bridgehead atoms. The van der Waals surface area contributed by atoms with Gasteiger partial charge in [-0.1, -0.05) is 6.92 Å². The lowest BCUT2D eigenvalue weighted by molar-refractivity contribution is -0.0290. The number of aromatic nitrogens is 4. The molecule has 2 aromatic rings. The highest BCUT2D eigenvalue weighted by Gasteiger charge is 2.46. The third kappa shape index (κ3) is 3.01. The van der Waals surface area contributed by atoms with Gasteiger partial charge in [0.1, 0.15) is 41.7 Å². The van der Waals surface area contributed by atoms with Gasteiger partial charge in [-0.05, 0) is 17.3 Å². The first-order chi connectivity index (χ1) is 11.0. The van der Waals surface area contributed by atoms with Crippen LogP contribution in [0.15, 0.2) is 12.7 Å². The Morgan fingerprint density at radius 2 is 2.09 bits per heavy atom. The summed E-state index contributed by atoms with van der Waals surface area (Å²) in [7, 11) is 0.145. The Morgan fingerprint density at radius 1 is 1.30 bits per heavy atom. The van der Waals surface area contributed by atoms with E-state index in [9.17, 15) is 10.2 Å². The predicted molar refractivity (Wildman–Crippen MR) is 89.0 cm³/mol. The molecule has 0 aromatic carbocycles. The minimum absolute atomic E-state index is 0.145. The molecule has 2 aromatic heterocycles. The number of fused-ring (bicyclic) bond motifs is 1. The Labute approximate surface area is 137 Å². The van der Waals surface area contributed by atoms with Crippen LogP contribution in [0.1, 0.15) is 19.6 Å². The van der Waals surface area contributed by atoms with Crippen LogP contribution in [0.25, 0.3) is 11.2 Å². The van der Waals surface area contributed by atoms with Gasteiger partial charge in [-0.3, -0.25) is 4.57 Å². The molecule has 126 valence electrons. The number of aliphatic hydroxyl groups excluding tert-OH is 2. The maximum Gasteiger partial charge on any atom is 0.167 e.